The molecule has 0 saturated heterocycles. The van der Waals surface area contributed by atoms with E-state index in [2.05, 4.69) is 40.3 Å². The van der Waals surface area contributed by atoms with E-state index in [-0.39, 0.29) is 0 Å². The van der Waals surface area contributed by atoms with E-state index in [1.54, 1.807) is 28.6 Å². The largest absolute Gasteiger partial charge is 0.419 e. The Hall–Kier alpha value is -1.25. The van der Waals surface area contributed by atoms with Crippen LogP contribution in [0, 0.1) is 6.92 Å². The molecule has 8 heteroatoms. The zero-order chi connectivity index (χ0) is 13.9. The Labute approximate surface area is 128 Å². The lowest BCUT2D eigenvalue weighted by Crippen LogP contribution is -1.79. The van der Waals surface area contributed by atoms with Gasteiger partial charge in [-0.15, -0.1) is 31.7 Å². The zero-order valence-electron chi connectivity index (χ0n) is 11.0. The summed E-state index contributed by atoms with van der Waals surface area (Å²) in [7, 11) is 0. The zero-order valence-corrected chi connectivity index (χ0v) is 13.4. The van der Waals surface area contributed by atoms with Crippen molar-refractivity contribution < 1.29 is 4.42 Å². The van der Waals surface area contributed by atoms with Gasteiger partial charge in [0.1, 0.15) is 5.51 Å². The van der Waals surface area contributed by atoms with Gasteiger partial charge in [-0.25, -0.2) is 0 Å². The molecule has 0 spiro atoms. The first kappa shape index (κ1) is 13.7. The third-order valence-electron chi connectivity index (χ3n) is 2.68. The Morgan fingerprint density at radius 3 is 2.90 bits per heavy atom. The van der Waals surface area contributed by atoms with E-state index in [9.17, 15) is 0 Å². The van der Waals surface area contributed by atoms with Gasteiger partial charge in [-0.2, -0.15) is 0 Å². The maximum atomic E-state index is 5.70. The summed E-state index contributed by atoms with van der Waals surface area (Å²) in [6.45, 7) is 4.27. The number of aromatic nitrogens is 4. The van der Waals surface area contributed by atoms with Gasteiger partial charge in [-0.05, 0) is 25.0 Å². The van der Waals surface area contributed by atoms with Crippen LogP contribution in [-0.2, 0) is 12.2 Å². The second-order valence-corrected chi connectivity index (χ2v) is 7.26. The SMILES string of the molecule is CCc1sc(-c2nnc(CSc3nncs3)o2)cc1C. The van der Waals surface area contributed by atoms with Gasteiger partial charge >= 0.3 is 0 Å². The molecule has 3 aromatic heterocycles. The van der Waals surface area contributed by atoms with Crippen molar-refractivity contribution in [1.29, 1.82) is 0 Å². The van der Waals surface area contributed by atoms with Crippen LogP contribution in [0.15, 0.2) is 20.3 Å². The smallest absolute Gasteiger partial charge is 0.257 e. The maximum Gasteiger partial charge on any atom is 0.257 e. The van der Waals surface area contributed by atoms with Crippen molar-refractivity contribution in [2.24, 2.45) is 0 Å². The molecule has 0 bridgehead atoms. The lowest BCUT2D eigenvalue weighted by atomic mass is 10.2. The molecular weight excluding hydrogens is 312 g/mol. The molecule has 0 aliphatic rings. The van der Waals surface area contributed by atoms with Gasteiger partial charge in [0.25, 0.3) is 5.89 Å². The number of nitrogens with zero attached hydrogens (tertiary/aromatic N) is 4. The molecule has 5 nitrogen and oxygen atoms in total. The number of rotatable bonds is 5. The quantitative estimate of drug-likeness (QED) is 0.665. The Morgan fingerprint density at radius 2 is 2.20 bits per heavy atom. The molecule has 20 heavy (non-hydrogen) atoms. The highest BCUT2D eigenvalue weighted by molar-refractivity contribution is 8.00. The fourth-order valence-corrected chi connectivity index (χ4v) is 4.10. The van der Waals surface area contributed by atoms with Gasteiger partial charge in [0.05, 0.1) is 10.6 Å². The average Bonchev–Trinajstić information content (AvgIpc) is 3.16. The highest BCUT2D eigenvalue weighted by Crippen LogP contribution is 2.31. The van der Waals surface area contributed by atoms with E-state index in [0.717, 1.165) is 15.6 Å². The van der Waals surface area contributed by atoms with Crippen LogP contribution in [0.5, 0.6) is 0 Å². The molecule has 104 valence electrons. The molecule has 0 radical (unpaired) electrons. The van der Waals surface area contributed by atoms with Crippen LogP contribution < -0.4 is 0 Å². The summed E-state index contributed by atoms with van der Waals surface area (Å²) in [5, 5.41) is 16.0. The molecule has 3 rings (SSSR count). The van der Waals surface area contributed by atoms with Gasteiger partial charge < -0.3 is 4.42 Å². The van der Waals surface area contributed by atoms with Gasteiger partial charge in [-0.3, -0.25) is 0 Å². The minimum atomic E-state index is 0.602. The lowest BCUT2D eigenvalue weighted by molar-refractivity contribution is 0.529. The first-order valence-corrected chi connectivity index (χ1v) is 8.75. The molecule has 3 heterocycles. The van der Waals surface area contributed by atoms with Gasteiger partial charge in [-0.1, -0.05) is 30.0 Å². The molecule has 0 aliphatic carbocycles. The van der Waals surface area contributed by atoms with Crippen LogP contribution in [-0.4, -0.2) is 20.4 Å². The Morgan fingerprint density at radius 1 is 1.30 bits per heavy atom. The minimum absolute atomic E-state index is 0.602. The number of hydrogen-bond donors (Lipinski definition) is 0. The first-order valence-electron chi connectivity index (χ1n) is 6.07. The topological polar surface area (TPSA) is 64.7 Å². The summed E-state index contributed by atoms with van der Waals surface area (Å²) in [6, 6.07) is 2.11. The molecule has 0 aliphatic heterocycles. The maximum absolute atomic E-state index is 5.70. The Kier molecular flexibility index (Phi) is 4.13. The van der Waals surface area contributed by atoms with E-state index in [1.807, 2.05) is 0 Å². The van der Waals surface area contributed by atoms with Gasteiger partial charge in [0.15, 0.2) is 4.34 Å². The minimum Gasteiger partial charge on any atom is -0.419 e. The Bertz CT molecular complexity index is 689. The molecular formula is C12H12N4OS3. The second kappa shape index (κ2) is 6.02. The molecule has 0 amide bonds. The standard InChI is InChI=1S/C12H12N4OS3/c1-3-8-7(2)4-9(20-8)11-15-14-10(17-11)5-18-12-16-13-6-19-12/h4,6H,3,5H2,1-2H3. The van der Waals surface area contributed by atoms with E-state index in [1.165, 1.54) is 21.8 Å². The van der Waals surface area contributed by atoms with E-state index in [4.69, 9.17) is 4.42 Å². The molecule has 0 unspecified atom stereocenters. The normalized spacial score (nSPS) is 11.1. The first-order chi connectivity index (χ1) is 9.76. The summed E-state index contributed by atoms with van der Waals surface area (Å²) in [4.78, 5) is 2.40. The summed E-state index contributed by atoms with van der Waals surface area (Å²) >= 11 is 4.78. The van der Waals surface area contributed by atoms with Crippen LogP contribution in [0.25, 0.3) is 10.8 Å². The van der Waals surface area contributed by atoms with Crippen LogP contribution in [0.2, 0.25) is 0 Å². The molecule has 0 saturated carbocycles. The van der Waals surface area contributed by atoms with E-state index in [0.29, 0.717) is 17.5 Å². The summed E-state index contributed by atoms with van der Waals surface area (Å²) in [5.41, 5.74) is 3.00. The second-order valence-electron chi connectivity index (χ2n) is 4.06. The summed E-state index contributed by atoms with van der Waals surface area (Å²) in [6.07, 6.45) is 1.03. The Balaban J connectivity index is 1.72. The third kappa shape index (κ3) is 2.92. The van der Waals surface area contributed by atoms with Crippen molar-refractivity contribution in [1.82, 2.24) is 20.4 Å². The van der Waals surface area contributed by atoms with Gasteiger partial charge in [0.2, 0.25) is 5.89 Å². The molecule has 0 fully saturated rings. The van der Waals surface area contributed by atoms with Crippen molar-refractivity contribution in [2.45, 2.75) is 30.4 Å². The monoisotopic (exact) mass is 324 g/mol. The van der Waals surface area contributed by atoms with Crippen LogP contribution in [0.4, 0.5) is 0 Å². The molecule has 3 aromatic rings. The highest BCUT2D eigenvalue weighted by Gasteiger charge is 2.13. The van der Waals surface area contributed by atoms with Crippen molar-refractivity contribution in [2.75, 3.05) is 0 Å². The average molecular weight is 324 g/mol. The van der Waals surface area contributed by atoms with Gasteiger partial charge in [0, 0.05) is 4.88 Å². The lowest BCUT2D eigenvalue weighted by Gasteiger charge is -1.90. The van der Waals surface area contributed by atoms with E-state index < -0.39 is 0 Å². The van der Waals surface area contributed by atoms with Crippen LogP contribution in [0.3, 0.4) is 0 Å². The predicted octanol–water partition coefficient (Wildman–Crippen LogP) is 3.81. The van der Waals surface area contributed by atoms with Crippen molar-refractivity contribution >= 4 is 34.4 Å². The highest BCUT2D eigenvalue weighted by atomic mass is 32.2. The number of thiophene rings is 1. The van der Waals surface area contributed by atoms with Crippen LogP contribution >= 0.6 is 34.4 Å². The number of aryl methyl sites for hydroxylation is 2. The fourth-order valence-electron chi connectivity index (χ4n) is 1.74. The fraction of sp³-hybridized carbons (Fsp3) is 0.333. The third-order valence-corrected chi connectivity index (χ3v) is 5.89. The van der Waals surface area contributed by atoms with E-state index >= 15 is 0 Å². The number of thioether (sulfide) groups is 1. The molecule has 0 aromatic carbocycles. The predicted molar refractivity (Wildman–Crippen MR) is 81.2 cm³/mol. The van der Waals surface area contributed by atoms with Crippen molar-refractivity contribution in [3.63, 3.8) is 0 Å². The van der Waals surface area contributed by atoms with Crippen LogP contribution in [0.1, 0.15) is 23.3 Å². The summed E-state index contributed by atoms with van der Waals surface area (Å²) in [5.74, 6) is 1.84. The van der Waals surface area contributed by atoms with Crippen molar-refractivity contribution in [3.05, 3.63) is 27.9 Å². The molecule has 0 N–H and O–H groups in total. The van der Waals surface area contributed by atoms with Crippen molar-refractivity contribution in [3.8, 4) is 10.8 Å². The molecule has 0 atom stereocenters. The number of hydrogen-bond acceptors (Lipinski definition) is 8. The summed E-state index contributed by atoms with van der Waals surface area (Å²) < 4.78 is 6.61.